The largest absolute Gasteiger partial charge is 0.363 e. The van der Waals surface area contributed by atoms with Crippen molar-refractivity contribution >= 4 is 0 Å². The van der Waals surface area contributed by atoms with Crippen molar-refractivity contribution in [2.45, 2.75) is 52.7 Å². The molecule has 0 aliphatic heterocycles. The Morgan fingerprint density at radius 3 is 1.29 bits per heavy atom. The van der Waals surface area contributed by atoms with Crippen molar-refractivity contribution in [2.75, 3.05) is 13.2 Å². The highest BCUT2D eigenvalue weighted by atomic mass is 16.5. The van der Waals surface area contributed by atoms with Gasteiger partial charge in [0.15, 0.2) is 0 Å². The van der Waals surface area contributed by atoms with E-state index in [4.69, 9.17) is 9.47 Å². The Kier molecular flexibility index (Phi) is 5.18. The van der Waals surface area contributed by atoms with E-state index in [0.29, 0.717) is 13.2 Å². The van der Waals surface area contributed by atoms with Gasteiger partial charge in [-0.05, 0) is 41.5 Å². The first-order valence-electron chi connectivity index (χ1n) is 5.15. The standard InChI is InChI=1S/C12H22O2/c1-7-13-11(3,4)9-10-12(5,6)14-8-2/h7-8H2,1-6H3. The fraction of sp³-hybridized carbons (Fsp3) is 0.833. The molecule has 0 N–H and O–H groups in total. The van der Waals surface area contributed by atoms with E-state index in [1.54, 1.807) is 0 Å². The summed E-state index contributed by atoms with van der Waals surface area (Å²) in [4.78, 5) is 0. The minimum absolute atomic E-state index is 0.386. The first kappa shape index (κ1) is 13.5. The van der Waals surface area contributed by atoms with Gasteiger partial charge in [-0.3, -0.25) is 0 Å². The van der Waals surface area contributed by atoms with Gasteiger partial charge < -0.3 is 9.47 Å². The molecule has 0 aliphatic rings. The van der Waals surface area contributed by atoms with Crippen LogP contribution in [0.1, 0.15) is 41.5 Å². The molecule has 0 aromatic heterocycles. The molecule has 0 atom stereocenters. The van der Waals surface area contributed by atoms with Crippen molar-refractivity contribution in [3.05, 3.63) is 0 Å². The third-order valence-corrected chi connectivity index (χ3v) is 1.67. The van der Waals surface area contributed by atoms with Gasteiger partial charge >= 0.3 is 0 Å². The van der Waals surface area contributed by atoms with E-state index in [-0.39, 0.29) is 11.2 Å². The molecule has 0 fully saturated rings. The number of hydrogen-bond donors (Lipinski definition) is 0. The monoisotopic (exact) mass is 198 g/mol. The number of rotatable bonds is 4. The molecule has 0 amide bonds. The zero-order valence-corrected chi connectivity index (χ0v) is 10.2. The van der Waals surface area contributed by atoms with Crippen LogP contribution >= 0.6 is 0 Å². The quantitative estimate of drug-likeness (QED) is 0.646. The molecule has 0 spiro atoms. The van der Waals surface area contributed by atoms with Crippen molar-refractivity contribution < 1.29 is 9.47 Å². The Morgan fingerprint density at radius 1 is 0.786 bits per heavy atom. The van der Waals surface area contributed by atoms with Crippen molar-refractivity contribution in [1.29, 1.82) is 0 Å². The summed E-state index contributed by atoms with van der Waals surface area (Å²) in [5.74, 6) is 6.18. The lowest BCUT2D eigenvalue weighted by Crippen LogP contribution is -2.26. The molecule has 14 heavy (non-hydrogen) atoms. The van der Waals surface area contributed by atoms with Crippen LogP contribution in [-0.4, -0.2) is 24.4 Å². The zero-order valence-electron chi connectivity index (χ0n) is 10.2. The molecule has 0 saturated carbocycles. The highest BCUT2D eigenvalue weighted by Gasteiger charge is 2.17. The molecule has 82 valence electrons. The van der Waals surface area contributed by atoms with Gasteiger partial charge in [0.25, 0.3) is 0 Å². The Morgan fingerprint density at radius 2 is 1.07 bits per heavy atom. The van der Waals surface area contributed by atoms with Gasteiger partial charge in [-0.2, -0.15) is 0 Å². The van der Waals surface area contributed by atoms with Crippen LogP contribution < -0.4 is 0 Å². The molecule has 0 aromatic rings. The van der Waals surface area contributed by atoms with E-state index >= 15 is 0 Å². The zero-order chi connectivity index (χ0) is 11.2. The van der Waals surface area contributed by atoms with Gasteiger partial charge in [-0.1, -0.05) is 11.8 Å². The molecule has 2 heteroatoms. The molecule has 0 aliphatic carbocycles. The Labute approximate surface area is 88.0 Å². The van der Waals surface area contributed by atoms with Crippen LogP contribution in [0.4, 0.5) is 0 Å². The Bertz CT molecular complexity index is 196. The minimum atomic E-state index is -0.386. The van der Waals surface area contributed by atoms with Gasteiger partial charge in [-0.15, -0.1) is 0 Å². The van der Waals surface area contributed by atoms with Crippen molar-refractivity contribution in [3.8, 4) is 11.8 Å². The summed E-state index contributed by atoms with van der Waals surface area (Å²) in [7, 11) is 0. The van der Waals surface area contributed by atoms with Gasteiger partial charge in [0.1, 0.15) is 11.2 Å². The van der Waals surface area contributed by atoms with E-state index in [2.05, 4.69) is 11.8 Å². The minimum Gasteiger partial charge on any atom is -0.363 e. The summed E-state index contributed by atoms with van der Waals surface area (Å²) in [6.07, 6.45) is 0. The molecule has 0 saturated heterocycles. The number of ether oxygens (including phenoxy) is 2. The first-order chi connectivity index (χ1) is 6.33. The second kappa shape index (κ2) is 5.38. The smallest absolute Gasteiger partial charge is 0.123 e. The predicted octanol–water partition coefficient (Wildman–Crippen LogP) is 2.62. The molecule has 0 aromatic carbocycles. The lowest BCUT2D eigenvalue weighted by Gasteiger charge is -2.21. The fourth-order valence-electron chi connectivity index (χ4n) is 1.09. The fourth-order valence-corrected chi connectivity index (χ4v) is 1.09. The summed E-state index contributed by atoms with van der Waals surface area (Å²) in [6, 6.07) is 0. The van der Waals surface area contributed by atoms with Crippen molar-refractivity contribution in [2.24, 2.45) is 0 Å². The average molecular weight is 198 g/mol. The van der Waals surface area contributed by atoms with Crippen molar-refractivity contribution in [3.63, 3.8) is 0 Å². The van der Waals surface area contributed by atoms with E-state index in [0.717, 1.165) is 0 Å². The molecular weight excluding hydrogens is 176 g/mol. The Balaban J connectivity index is 4.39. The van der Waals surface area contributed by atoms with E-state index in [1.165, 1.54) is 0 Å². The van der Waals surface area contributed by atoms with Crippen LogP contribution in [0.2, 0.25) is 0 Å². The average Bonchev–Trinajstić information content (AvgIpc) is 2.01. The number of hydrogen-bond acceptors (Lipinski definition) is 2. The maximum absolute atomic E-state index is 5.47. The van der Waals surface area contributed by atoms with Gasteiger partial charge in [0.2, 0.25) is 0 Å². The highest BCUT2D eigenvalue weighted by Crippen LogP contribution is 2.11. The van der Waals surface area contributed by atoms with Gasteiger partial charge in [-0.25, -0.2) is 0 Å². The van der Waals surface area contributed by atoms with Gasteiger partial charge in [0, 0.05) is 13.2 Å². The molecule has 0 rings (SSSR count). The van der Waals surface area contributed by atoms with Crippen molar-refractivity contribution in [1.82, 2.24) is 0 Å². The molecule has 0 unspecified atom stereocenters. The Hall–Kier alpha value is -0.520. The molecule has 0 radical (unpaired) electrons. The summed E-state index contributed by atoms with van der Waals surface area (Å²) >= 11 is 0. The second-order valence-electron chi connectivity index (χ2n) is 4.14. The van der Waals surface area contributed by atoms with Crippen LogP contribution in [-0.2, 0) is 9.47 Å². The molecule has 0 bridgehead atoms. The first-order valence-corrected chi connectivity index (χ1v) is 5.15. The summed E-state index contributed by atoms with van der Waals surface area (Å²) in [6.45, 7) is 13.1. The third-order valence-electron chi connectivity index (χ3n) is 1.67. The lowest BCUT2D eigenvalue weighted by molar-refractivity contribution is 0.0273. The van der Waals surface area contributed by atoms with Crippen LogP contribution in [0.5, 0.6) is 0 Å². The maximum atomic E-state index is 5.47. The summed E-state index contributed by atoms with van der Waals surface area (Å²) in [5.41, 5.74) is -0.772. The SMILES string of the molecule is CCOC(C)(C)C#CC(C)(C)OCC. The predicted molar refractivity (Wildman–Crippen MR) is 59.2 cm³/mol. The lowest BCUT2D eigenvalue weighted by atomic mass is 10.1. The third kappa shape index (κ3) is 6.01. The van der Waals surface area contributed by atoms with Crippen LogP contribution in [0.25, 0.3) is 0 Å². The van der Waals surface area contributed by atoms with Crippen LogP contribution in [0.3, 0.4) is 0 Å². The van der Waals surface area contributed by atoms with E-state index in [9.17, 15) is 0 Å². The summed E-state index contributed by atoms with van der Waals surface area (Å²) < 4.78 is 10.9. The normalized spacial score (nSPS) is 12.1. The van der Waals surface area contributed by atoms with E-state index in [1.807, 2.05) is 41.5 Å². The van der Waals surface area contributed by atoms with E-state index < -0.39 is 0 Å². The topological polar surface area (TPSA) is 18.5 Å². The summed E-state index contributed by atoms with van der Waals surface area (Å²) in [5, 5.41) is 0. The molecular formula is C12H22O2. The highest BCUT2D eigenvalue weighted by molar-refractivity contribution is 5.18. The van der Waals surface area contributed by atoms with Gasteiger partial charge in [0.05, 0.1) is 0 Å². The van der Waals surface area contributed by atoms with Crippen LogP contribution in [0.15, 0.2) is 0 Å². The van der Waals surface area contributed by atoms with Crippen LogP contribution in [0, 0.1) is 11.8 Å². The molecule has 2 nitrogen and oxygen atoms in total. The maximum Gasteiger partial charge on any atom is 0.123 e. The molecule has 0 heterocycles. The second-order valence-corrected chi connectivity index (χ2v) is 4.14.